The summed E-state index contributed by atoms with van der Waals surface area (Å²) in [5.74, 6) is 2.32. The molecule has 1 heterocycles. The fourth-order valence-electron chi connectivity index (χ4n) is 12.9. The van der Waals surface area contributed by atoms with Crippen molar-refractivity contribution in [3.05, 3.63) is 41.0 Å². The molecule has 5 aliphatic carbocycles. The quantitative estimate of drug-likeness (QED) is 0.302. The largest absolute Gasteiger partial charge is 0.416 e. The molecule has 6 fully saturated rings. The van der Waals surface area contributed by atoms with Gasteiger partial charge in [-0.1, -0.05) is 60.6 Å². The summed E-state index contributed by atoms with van der Waals surface area (Å²) < 4.78 is 46.4. The Balaban J connectivity index is 1.25. The van der Waals surface area contributed by atoms with Crippen LogP contribution < -0.4 is 0 Å². The van der Waals surface area contributed by atoms with Crippen LogP contribution in [0.5, 0.6) is 0 Å². The van der Waals surface area contributed by atoms with Crippen LogP contribution in [-0.2, 0) is 15.7 Å². The average Bonchev–Trinajstić information content (AvgIpc) is 3.26. The molecule has 0 unspecified atom stereocenters. The van der Waals surface area contributed by atoms with Gasteiger partial charge in [0.05, 0.1) is 18.3 Å². The van der Waals surface area contributed by atoms with Crippen LogP contribution in [0.2, 0.25) is 0 Å². The molecular weight excluding hydrogens is 545 g/mol. The second-order valence-electron chi connectivity index (χ2n) is 17.8. The Morgan fingerprint density at radius 3 is 2.16 bits per heavy atom. The van der Waals surface area contributed by atoms with Crippen LogP contribution >= 0.6 is 0 Å². The summed E-state index contributed by atoms with van der Waals surface area (Å²) in [6.45, 7) is 17.8. The number of alkyl halides is 3. The van der Waals surface area contributed by atoms with E-state index in [0.29, 0.717) is 47.2 Å². The molecule has 43 heavy (non-hydrogen) atoms. The van der Waals surface area contributed by atoms with Crippen LogP contribution in [0.3, 0.4) is 0 Å². The van der Waals surface area contributed by atoms with Crippen LogP contribution in [-0.4, -0.2) is 18.5 Å². The standard InChI is InChI=1S/C38H51F3O2/c1-32(2)16-18-37-19-17-35(6)26(29(37)31(32)43-22-37)12-13-28-34(5)21-24(20-23-8-10-25(11-9-23)38(39,40)41)30(42)33(3,4)27(34)14-15-36(28,35)7/h8-11,20,26-29,31H,12-19,21-22H2,1-7H3/b24-20+/t26-,27-,28-,29-,31-,34+,35-,36-,37-/m1/s1. The molecule has 5 heteroatoms. The molecule has 1 aromatic carbocycles. The summed E-state index contributed by atoms with van der Waals surface area (Å²) in [6.07, 6.45) is 8.43. The molecule has 9 atom stereocenters. The summed E-state index contributed by atoms with van der Waals surface area (Å²) in [4.78, 5) is 14.0. The normalized spacial score (nSPS) is 47.3. The topological polar surface area (TPSA) is 26.3 Å². The van der Waals surface area contributed by atoms with Gasteiger partial charge in [0.2, 0.25) is 0 Å². The highest BCUT2D eigenvalue weighted by atomic mass is 19.4. The smallest absolute Gasteiger partial charge is 0.377 e. The predicted octanol–water partition coefficient (Wildman–Crippen LogP) is 10.2. The van der Waals surface area contributed by atoms with Crippen LogP contribution in [0, 0.1) is 56.2 Å². The number of ketones is 1. The molecule has 2 nitrogen and oxygen atoms in total. The maximum absolute atomic E-state index is 14.0. The molecule has 0 radical (unpaired) electrons. The van der Waals surface area contributed by atoms with Gasteiger partial charge in [0.15, 0.2) is 5.78 Å². The molecule has 1 saturated heterocycles. The minimum atomic E-state index is -4.37. The molecule has 2 bridgehead atoms. The maximum Gasteiger partial charge on any atom is 0.416 e. The fraction of sp³-hybridized carbons (Fsp3) is 0.763. The van der Waals surface area contributed by atoms with E-state index in [1.807, 2.05) is 6.08 Å². The predicted molar refractivity (Wildman–Crippen MR) is 164 cm³/mol. The Kier molecular flexibility index (Phi) is 6.30. The summed E-state index contributed by atoms with van der Waals surface area (Å²) in [5, 5.41) is 0. The number of fused-ring (bicyclic) bond motifs is 5. The lowest BCUT2D eigenvalue weighted by molar-refractivity contribution is -0.236. The zero-order valence-electron chi connectivity index (χ0n) is 27.3. The van der Waals surface area contributed by atoms with Crippen molar-refractivity contribution in [2.45, 2.75) is 119 Å². The van der Waals surface area contributed by atoms with Crippen molar-refractivity contribution in [1.82, 2.24) is 0 Å². The summed E-state index contributed by atoms with van der Waals surface area (Å²) in [7, 11) is 0. The van der Waals surface area contributed by atoms with Crippen LogP contribution in [0.15, 0.2) is 29.8 Å². The molecule has 0 aromatic heterocycles. The van der Waals surface area contributed by atoms with Crippen LogP contribution in [0.25, 0.3) is 6.08 Å². The van der Waals surface area contributed by atoms with E-state index in [2.05, 4.69) is 48.5 Å². The number of allylic oxidation sites excluding steroid dienone is 1. The van der Waals surface area contributed by atoms with Gasteiger partial charge >= 0.3 is 6.18 Å². The molecule has 1 aromatic rings. The highest BCUT2D eigenvalue weighted by molar-refractivity contribution is 6.04. The third kappa shape index (κ3) is 3.91. The van der Waals surface area contributed by atoms with Gasteiger partial charge in [-0.05, 0) is 138 Å². The van der Waals surface area contributed by atoms with Gasteiger partial charge in [-0.15, -0.1) is 0 Å². The van der Waals surface area contributed by atoms with Crippen molar-refractivity contribution in [3.8, 4) is 0 Å². The summed E-state index contributed by atoms with van der Waals surface area (Å²) in [6, 6.07) is 5.30. The van der Waals surface area contributed by atoms with Crippen LogP contribution in [0.1, 0.15) is 117 Å². The van der Waals surface area contributed by atoms with Gasteiger partial charge < -0.3 is 4.74 Å². The van der Waals surface area contributed by atoms with E-state index in [1.54, 1.807) is 0 Å². The number of ether oxygens (including phenoxy) is 1. The fourth-order valence-corrected chi connectivity index (χ4v) is 12.9. The van der Waals surface area contributed by atoms with Crippen molar-refractivity contribution in [1.29, 1.82) is 0 Å². The highest BCUT2D eigenvalue weighted by Gasteiger charge is 2.73. The SMILES string of the molecule is CC1(C)CC[C@]23CC[C@]4(C)[C@H](CC[C@@H]5[C@@]6(C)C/C(=C\c7ccc(C(F)(F)F)cc7)C(=O)C(C)(C)[C@H]6CC[C@]54C)[C@@H]2[C@H]1OC3. The second-order valence-corrected chi connectivity index (χ2v) is 17.8. The zero-order valence-corrected chi connectivity index (χ0v) is 27.3. The maximum atomic E-state index is 14.0. The third-order valence-corrected chi connectivity index (χ3v) is 15.3. The molecule has 0 N–H and O–H groups in total. The van der Waals surface area contributed by atoms with E-state index in [-0.39, 0.29) is 27.4 Å². The molecular formula is C38H51F3O2. The van der Waals surface area contributed by atoms with Crippen molar-refractivity contribution in [2.24, 2.45) is 56.2 Å². The third-order valence-electron chi connectivity index (χ3n) is 15.3. The Hall–Kier alpha value is -1.62. The Morgan fingerprint density at radius 2 is 1.49 bits per heavy atom. The summed E-state index contributed by atoms with van der Waals surface area (Å²) in [5.41, 5.74) is 1.30. The van der Waals surface area contributed by atoms with E-state index in [0.717, 1.165) is 30.7 Å². The molecule has 5 saturated carbocycles. The van der Waals surface area contributed by atoms with Crippen molar-refractivity contribution < 1.29 is 22.7 Å². The van der Waals surface area contributed by atoms with E-state index >= 15 is 0 Å². The number of carbonyl (C=O) groups is 1. The first-order valence-electron chi connectivity index (χ1n) is 16.9. The molecule has 0 amide bonds. The van der Waals surface area contributed by atoms with E-state index < -0.39 is 17.2 Å². The minimum Gasteiger partial charge on any atom is -0.377 e. The van der Waals surface area contributed by atoms with Crippen molar-refractivity contribution in [3.63, 3.8) is 0 Å². The lowest BCUT2D eigenvalue weighted by Crippen LogP contribution is -2.67. The van der Waals surface area contributed by atoms with Crippen molar-refractivity contribution >= 4 is 11.9 Å². The molecule has 1 aliphatic heterocycles. The van der Waals surface area contributed by atoms with E-state index in [1.165, 1.54) is 57.1 Å². The zero-order chi connectivity index (χ0) is 31.0. The first kappa shape index (κ1) is 30.1. The first-order chi connectivity index (χ1) is 19.9. The molecule has 0 spiro atoms. The number of hydrogen-bond donors (Lipinski definition) is 0. The number of halogens is 3. The van der Waals surface area contributed by atoms with Crippen molar-refractivity contribution in [2.75, 3.05) is 6.61 Å². The number of hydrogen-bond acceptors (Lipinski definition) is 2. The molecule has 236 valence electrons. The Labute approximate surface area is 256 Å². The number of Topliss-reactive ketones (excluding diaryl/α,β-unsaturated/α-hetero) is 1. The minimum absolute atomic E-state index is 0.0351. The van der Waals surface area contributed by atoms with Crippen LogP contribution in [0.4, 0.5) is 13.2 Å². The lowest BCUT2D eigenvalue weighted by Gasteiger charge is -2.73. The number of benzene rings is 1. The van der Waals surface area contributed by atoms with Gasteiger partial charge in [0.1, 0.15) is 0 Å². The van der Waals surface area contributed by atoms with E-state index in [4.69, 9.17) is 4.74 Å². The van der Waals surface area contributed by atoms with E-state index in [9.17, 15) is 18.0 Å². The molecule has 6 aliphatic rings. The number of rotatable bonds is 1. The number of carbonyl (C=O) groups excluding carboxylic acids is 1. The van der Waals surface area contributed by atoms with Gasteiger partial charge in [-0.25, -0.2) is 0 Å². The Morgan fingerprint density at radius 1 is 0.814 bits per heavy atom. The Bertz CT molecular complexity index is 1360. The highest BCUT2D eigenvalue weighted by Crippen LogP contribution is 2.78. The summed E-state index contributed by atoms with van der Waals surface area (Å²) >= 11 is 0. The van der Waals surface area contributed by atoms with Gasteiger partial charge in [-0.2, -0.15) is 13.2 Å². The van der Waals surface area contributed by atoms with Gasteiger partial charge in [0.25, 0.3) is 0 Å². The second kappa shape index (κ2) is 9.01. The average molecular weight is 597 g/mol. The first-order valence-corrected chi connectivity index (χ1v) is 16.9. The monoisotopic (exact) mass is 596 g/mol. The molecule has 7 rings (SSSR count). The van der Waals surface area contributed by atoms with Gasteiger partial charge in [0, 0.05) is 5.41 Å². The lowest BCUT2D eigenvalue weighted by atomic mass is 9.31. The van der Waals surface area contributed by atoms with Gasteiger partial charge in [-0.3, -0.25) is 4.79 Å².